The number of fused-ring (bicyclic) bond motifs is 6. The maximum atomic E-state index is 14.0. The molecule has 1 aromatic carbocycles. The molecule has 1 aromatic rings. The second-order valence-corrected chi connectivity index (χ2v) is 19.3. The first-order valence-corrected chi connectivity index (χ1v) is 21.1. The SMILES string of the molecule is CNC1Cc2c(cccc2CO)C#CCCC23CCC4C5(C=O)CCC(O)C6CCC(C(C)C)CC(C(O)C4(O)C2(O)CC2CC1C1OC(=O)C=C1C23)C65O. The fourth-order valence-electron chi connectivity index (χ4n) is 15.3. The van der Waals surface area contributed by atoms with Gasteiger partial charge in [-0.25, -0.2) is 4.79 Å². The maximum Gasteiger partial charge on any atom is 0.331 e. The summed E-state index contributed by atoms with van der Waals surface area (Å²) in [6.45, 7) is 4.10. The fourth-order valence-corrected chi connectivity index (χ4v) is 15.3. The van der Waals surface area contributed by atoms with Gasteiger partial charge in [-0.15, -0.1) is 0 Å². The van der Waals surface area contributed by atoms with Crippen molar-refractivity contribution in [2.75, 3.05) is 7.05 Å². The lowest BCUT2D eigenvalue weighted by molar-refractivity contribution is -0.375. The van der Waals surface area contributed by atoms with Crippen LogP contribution >= 0.6 is 0 Å². The van der Waals surface area contributed by atoms with Crippen LogP contribution in [-0.4, -0.2) is 91.1 Å². The second-order valence-electron chi connectivity index (χ2n) is 19.3. The highest BCUT2D eigenvalue weighted by molar-refractivity contribution is 5.86. The van der Waals surface area contributed by atoms with E-state index in [1.807, 2.05) is 25.2 Å². The largest absolute Gasteiger partial charge is 0.454 e. The van der Waals surface area contributed by atoms with E-state index in [9.17, 15) is 40.2 Å². The van der Waals surface area contributed by atoms with Crippen LogP contribution in [0.25, 0.3) is 0 Å². The van der Waals surface area contributed by atoms with Gasteiger partial charge in [0, 0.05) is 53.2 Å². The number of aliphatic hydroxyl groups excluding tert-OH is 3. The lowest BCUT2D eigenvalue weighted by Crippen LogP contribution is -2.85. The number of carbonyl (C=O) groups is 2. The van der Waals surface area contributed by atoms with Crippen LogP contribution in [0.4, 0.5) is 0 Å². The van der Waals surface area contributed by atoms with Crippen LogP contribution in [0.2, 0.25) is 0 Å². The smallest absolute Gasteiger partial charge is 0.331 e. The first-order valence-electron chi connectivity index (χ1n) is 21.1. The van der Waals surface area contributed by atoms with Crippen LogP contribution < -0.4 is 5.32 Å². The van der Waals surface area contributed by atoms with Gasteiger partial charge in [0.2, 0.25) is 0 Å². The molecule has 4 bridgehead atoms. The summed E-state index contributed by atoms with van der Waals surface area (Å²) >= 11 is 0. The van der Waals surface area contributed by atoms with E-state index in [1.165, 1.54) is 0 Å². The van der Waals surface area contributed by atoms with Gasteiger partial charge in [0.1, 0.15) is 23.6 Å². The molecule has 7 N–H and O–H groups in total. The number of aldehydes is 1. The number of likely N-dealkylation sites (N-methyl/N-ethyl adjacent to an activating group) is 1. The molecule has 0 saturated heterocycles. The van der Waals surface area contributed by atoms with E-state index in [2.05, 4.69) is 31.0 Å². The molecule has 1 aliphatic heterocycles. The third-order valence-electron chi connectivity index (χ3n) is 17.6. The number of nitrogens with one attached hydrogen (secondary N) is 1. The van der Waals surface area contributed by atoms with Crippen molar-refractivity contribution in [2.24, 2.45) is 58.2 Å². The van der Waals surface area contributed by atoms with Gasteiger partial charge in [0.05, 0.1) is 29.8 Å². The van der Waals surface area contributed by atoms with Crippen molar-refractivity contribution in [3.05, 3.63) is 46.5 Å². The van der Waals surface area contributed by atoms with E-state index < -0.39 is 69.7 Å². The van der Waals surface area contributed by atoms with E-state index in [0.29, 0.717) is 51.4 Å². The summed E-state index contributed by atoms with van der Waals surface area (Å²) in [6, 6.07) is 5.59. The number of carbonyl (C=O) groups excluding carboxylic acids is 2. The minimum Gasteiger partial charge on any atom is -0.454 e. The van der Waals surface area contributed by atoms with Crippen LogP contribution in [0, 0.1) is 70.0 Å². The molecular formula is C45H59NO9. The van der Waals surface area contributed by atoms with Gasteiger partial charge in [0.15, 0.2) is 0 Å². The first kappa shape index (κ1) is 37.9. The molecule has 16 unspecified atom stereocenters. The van der Waals surface area contributed by atoms with Crippen LogP contribution in [0.5, 0.6) is 0 Å². The zero-order valence-electron chi connectivity index (χ0n) is 32.4. The summed E-state index contributed by atoms with van der Waals surface area (Å²) in [6.07, 6.45) is 4.20. The Bertz CT molecular complexity index is 1850. The number of rotatable bonds is 4. The van der Waals surface area contributed by atoms with E-state index in [1.54, 1.807) is 6.08 Å². The van der Waals surface area contributed by atoms with Crippen molar-refractivity contribution in [1.82, 2.24) is 5.32 Å². The van der Waals surface area contributed by atoms with Gasteiger partial charge < -0.3 is 45.5 Å². The normalized spacial score (nSPS) is 49.5. The molecule has 0 aromatic heterocycles. The summed E-state index contributed by atoms with van der Waals surface area (Å²) in [4.78, 5) is 27.3. The van der Waals surface area contributed by atoms with Crippen LogP contribution in [0.1, 0.15) is 101 Å². The Balaban J connectivity index is 1.24. The average Bonchev–Trinajstić information content (AvgIpc) is 3.61. The summed E-state index contributed by atoms with van der Waals surface area (Å²) < 4.78 is 6.18. The monoisotopic (exact) mass is 757 g/mol. The van der Waals surface area contributed by atoms with Gasteiger partial charge in [-0.05, 0) is 124 Å². The van der Waals surface area contributed by atoms with Crippen LogP contribution in [-0.2, 0) is 27.4 Å². The lowest BCUT2D eigenvalue weighted by atomic mass is 9.35. The summed E-state index contributed by atoms with van der Waals surface area (Å²) in [5.41, 5.74) is -4.96. The fraction of sp³-hybridized carbons (Fsp3) is 0.733. The molecule has 10 heteroatoms. The molecule has 6 saturated carbocycles. The van der Waals surface area contributed by atoms with E-state index in [4.69, 9.17) is 4.74 Å². The number of benzene rings is 1. The van der Waals surface area contributed by atoms with Gasteiger partial charge >= 0.3 is 5.97 Å². The van der Waals surface area contributed by atoms with Gasteiger partial charge in [-0.1, -0.05) is 37.8 Å². The Morgan fingerprint density at radius 2 is 1.82 bits per heavy atom. The molecule has 0 amide bonds. The van der Waals surface area contributed by atoms with Gasteiger partial charge in [-0.2, -0.15) is 0 Å². The predicted molar refractivity (Wildman–Crippen MR) is 202 cm³/mol. The number of aliphatic hydroxyl groups is 6. The number of hydrogen-bond donors (Lipinski definition) is 7. The Hall–Kier alpha value is -2.62. The number of ether oxygens (including phenoxy) is 1. The molecule has 9 aliphatic rings. The zero-order valence-corrected chi connectivity index (χ0v) is 32.4. The molecule has 10 nitrogen and oxygen atoms in total. The summed E-state index contributed by atoms with van der Waals surface area (Å²) in [5, 5.41) is 79.4. The van der Waals surface area contributed by atoms with Crippen LogP contribution in [0.15, 0.2) is 29.8 Å². The van der Waals surface area contributed by atoms with Crippen molar-refractivity contribution in [1.29, 1.82) is 0 Å². The minimum atomic E-state index is -2.18. The van der Waals surface area contributed by atoms with Crippen molar-refractivity contribution in [2.45, 2.75) is 139 Å². The third kappa shape index (κ3) is 4.69. The minimum absolute atomic E-state index is 0.0713. The highest BCUT2D eigenvalue weighted by Crippen LogP contribution is 2.77. The van der Waals surface area contributed by atoms with Crippen molar-refractivity contribution >= 4 is 12.3 Å². The molecule has 16 atom stereocenters. The molecule has 0 radical (unpaired) electrons. The lowest BCUT2D eigenvalue weighted by Gasteiger charge is -2.73. The third-order valence-corrected chi connectivity index (χ3v) is 17.6. The molecule has 55 heavy (non-hydrogen) atoms. The maximum absolute atomic E-state index is 14.0. The van der Waals surface area contributed by atoms with E-state index >= 15 is 0 Å². The Morgan fingerprint density at radius 1 is 1.02 bits per heavy atom. The molecular weight excluding hydrogens is 698 g/mol. The number of esters is 1. The zero-order chi connectivity index (χ0) is 38.9. The average molecular weight is 758 g/mol. The topological polar surface area (TPSA) is 177 Å². The summed E-state index contributed by atoms with van der Waals surface area (Å²) in [7, 11) is 1.89. The van der Waals surface area contributed by atoms with E-state index in [0.717, 1.165) is 35.0 Å². The number of hydrogen-bond acceptors (Lipinski definition) is 10. The van der Waals surface area contributed by atoms with Crippen molar-refractivity contribution in [3.8, 4) is 11.8 Å². The van der Waals surface area contributed by atoms with Crippen molar-refractivity contribution < 1.29 is 45.0 Å². The Morgan fingerprint density at radius 3 is 2.55 bits per heavy atom. The molecule has 1 spiro atoms. The Kier molecular flexibility index (Phi) is 8.93. The molecule has 298 valence electrons. The molecule has 10 rings (SSSR count). The molecule has 8 aliphatic carbocycles. The van der Waals surface area contributed by atoms with Crippen molar-refractivity contribution in [3.63, 3.8) is 0 Å². The standard InChI is InChI=1S/C45H59NO9/c1-24(2)26-10-11-32-35(49)12-15-42(23-48)36-13-16-41-14-5-4-7-25-8-6-9-27(22-47)29(25)19-34(46-3)30-17-28(38(41)31-20-37(50)55-39(30)31)21-43(41,52)45(36,54)40(51)33(18-26)44(32,42)53/h6,8-9,20,23-24,26,28,30,32-36,38-40,46-47,49,51-54H,5,10-19,21-22H2,1-3H3. The molecule has 1 heterocycles. The second kappa shape index (κ2) is 12.9. The van der Waals surface area contributed by atoms with Gasteiger partial charge in [-0.3, -0.25) is 0 Å². The molecule has 6 fully saturated rings. The Labute approximate surface area is 324 Å². The quantitative estimate of drug-likeness (QED) is 0.137. The highest BCUT2D eigenvalue weighted by Gasteiger charge is 2.85. The highest BCUT2D eigenvalue weighted by atomic mass is 16.5. The first-order chi connectivity index (χ1) is 26.3. The van der Waals surface area contributed by atoms with Crippen LogP contribution in [0.3, 0.4) is 0 Å². The van der Waals surface area contributed by atoms with E-state index in [-0.39, 0.29) is 61.5 Å². The van der Waals surface area contributed by atoms with Gasteiger partial charge in [0.25, 0.3) is 0 Å². The summed E-state index contributed by atoms with van der Waals surface area (Å²) in [5.74, 6) is 3.36. The predicted octanol–water partition coefficient (Wildman–Crippen LogP) is 2.96.